The van der Waals surface area contributed by atoms with Gasteiger partial charge in [-0.05, 0) is 68.3 Å². The number of halogens is 4. The third kappa shape index (κ3) is 4.98. The van der Waals surface area contributed by atoms with Crippen molar-refractivity contribution in [2.45, 2.75) is 0 Å². The second-order valence-corrected chi connectivity index (χ2v) is 7.21. The van der Waals surface area contributed by atoms with E-state index in [1.54, 1.807) is 24.3 Å². The molecule has 0 saturated heterocycles. The second kappa shape index (κ2) is 7.63. The van der Waals surface area contributed by atoms with E-state index in [-0.39, 0.29) is 12.5 Å². The summed E-state index contributed by atoms with van der Waals surface area (Å²) in [6.07, 6.45) is 0. The number of carbonyl (C=O) groups is 1. The summed E-state index contributed by atoms with van der Waals surface area (Å²) < 4.78 is 2.67. The highest BCUT2D eigenvalue weighted by atomic mass is 79.9. The Morgan fingerprint density at radius 3 is 2.19 bits per heavy atom. The molecule has 2 N–H and O–H groups in total. The molecule has 0 aromatic heterocycles. The Morgan fingerprint density at radius 1 is 1.05 bits per heavy atom. The molecule has 0 aliphatic carbocycles. The van der Waals surface area contributed by atoms with Gasteiger partial charge < -0.3 is 10.6 Å². The topological polar surface area (TPSA) is 41.1 Å². The van der Waals surface area contributed by atoms with Gasteiger partial charge in [-0.2, -0.15) is 0 Å². The first-order valence-corrected chi connectivity index (χ1v) is 8.65. The van der Waals surface area contributed by atoms with Gasteiger partial charge in [-0.15, -0.1) is 0 Å². The van der Waals surface area contributed by atoms with Crippen LogP contribution in [0.4, 0.5) is 11.4 Å². The second-order valence-electron chi connectivity index (χ2n) is 4.15. The lowest BCUT2D eigenvalue weighted by molar-refractivity contribution is -0.114. The summed E-state index contributed by atoms with van der Waals surface area (Å²) in [6, 6.07) is 10.8. The Balaban J connectivity index is 1.97. The van der Waals surface area contributed by atoms with Gasteiger partial charge in [0.1, 0.15) is 0 Å². The molecule has 110 valence electrons. The lowest BCUT2D eigenvalue weighted by Crippen LogP contribution is -2.22. The zero-order valence-electron chi connectivity index (χ0n) is 10.6. The van der Waals surface area contributed by atoms with Crippen LogP contribution < -0.4 is 10.6 Å². The minimum atomic E-state index is -0.140. The number of nitrogens with one attached hydrogen (secondary N) is 2. The molecular formula is C14H10Br3ClN2O. The van der Waals surface area contributed by atoms with Gasteiger partial charge in [0, 0.05) is 24.1 Å². The summed E-state index contributed by atoms with van der Waals surface area (Å²) >= 11 is 16.1. The molecule has 0 bridgehead atoms. The smallest absolute Gasteiger partial charge is 0.243 e. The summed E-state index contributed by atoms with van der Waals surface area (Å²) in [7, 11) is 0. The minimum absolute atomic E-state index is 0.140. The Bertz CT molecular complexity index is 639. The Kier molecular flexibility index (Phi) is 6.10. The van der Waals surface area contributed by atoms with Crippen molar-refractivity contribution in [1.82, 2.24) is 0 Å². The number of anilines is 2. The Labute approximate surface area is 152 Å². The van der Waals surface area contributed by atoms with Crippen LogP contribution in [0.3, 0.4) is 0 Å². The van der Waals surface area contributed by atoms with Gasteiger partial charge in [0.2, 0.25) is 5.91 Å². The summed E-state index contributed by atoms with van der Waals surface area (Å²) in [4.78, 5) is 11.9. The summed E-state index contributed by atoms with van der Waals surface area (Å²) in [6.45, 7) is 0.154. The van der Waals surface area contributed by atoms with Gasteiger partial charge in [-0.1, -0.05) is 27.5 Å². The molecule has 7 heteroatoms. The fourth-order valence-corrected chi connectivity index (χ4v) is 4.28. The number of amides is 1. The molecule has 0 heterocycles. The highest BCUT2D eigenvalue weighted by Crippen LogP contribution is 2.34. The van der Waals surface area contributed by atoms with Crippen LogP contribution in [0.15, 0.2) is 49.8 Å². The predicted octanol–water partition coefficient (Wildman–Crippen LogP) is 5.68. The number of rotatable bonds is 4. The number of carbonyl (C=O) groups excluding carboxylic acids is 1. The molecule has 1 amide bonds. The van der Waals surface area contributed by atoms with E-state index in [0.29, 0.717) is 10.7 Å². The van der Waals surface area contributed by atoms with Crippen LogP contribution in [0, 0.1) is 0 Å². The molecule has 0 aliphatic heterocycles. The average Bonchev–Trinajstić information content (AvgIpc) is 2.40. The van der Waals surface area contributed by atoms with Crippen molar-refractivity contribution in [3.05, 3.63) is 54.8 Å². The van der Waals surface area contributed by atoms with Crippen molar-refractivity contribution >= 4 is 76.7 Å². The van der Waals surface area contributed by atoms with Crippen LogP contribution in [0.2, 0.25) is 5.02 Å². The van der Waals surface area contributed by atoms with E-state index in [1.807, 2.05) is 12.1 Å². The number of hydrogen-bond acceptors (Lipinski definition) is 2. The highest BCUT2D eigenvalue weighted by Gasteiger charge is 2.09. The number of benzene rings is 2. The van der Waals surface area contributed by atoms with E-state index >= 15 is 0 Å². The first kappa shape index (κ1) is 16.8. The fraction of sp³-hybridized carbons (Fsp3) is 0.0714. The molecule has 2 aromatic rings. The van der Waals surface area contributed by atoms with E-state index in [0.717, 1.165) is 19.1 Å². The van der Waals surface area contributed by atoms with Crippen LogP contribution in [0.5, 0.6) is 0 Å². The van der Waals surface area contributed by atoms with E-state index < -0.39 is 0 Å². The monoisotopic (exact) mass is 494 g/mol. The molecule has 3 nitrogen and oxygen atoms in total. The minimum Gasteiger partial charge on any atom is -0.374 e. The van der Waals surface area contributed by atoms with Crippen molar-refractivity contribution < 1.29 is 4.79 Å². The van der Waals surface area contributed by atoms with Crippen LogP contribution in [-0.4, -0.2) is 12.5 Å². The molecule has 0 fully saturated rings. The predicted molar refractivity (Wildman–Crippen MR) is 98.1 cm³/mol. The van der Waals surface area contributed by atoms with Gasteiger partial charge in [-0.25, -0.2) is 0 Å². The average molecular weight is 497 g/mol. The maximum absolute atomic E-state index is 11.9. The summed E-state index contributed by atoms with van der Waals surface area (Å²) in [5.41, 5.74) is 1.53. The highest BCUT2D eigenvalue weighted by molar-refractivity contribution is 9.11. The Hall–Kier alpha value is -0.560. The van der Waals surface area contributed by atoms with Gasteiger partial charge in [-0.3, -0.25) is 4.79 Å². The van der Waals surface area contributed by atoms with E-state index in [9.17, 15) is 4.79 Å². The summed E-state index contributed by atoms with van der Waals surface area (Å²) in [5.74, 6) is -0.140. The summed E-state index contributed by atoms with van der Waals surface area (Å²) in [5, 5.41) is 6.51. The van der Waals surface area contributed by atoms with Crippen LogP contribution >= 0.6 is 59.4 Å². The van der Waals surface area contributed by atoms with Crippen molar-refractivity contribution in [1.29, 1.82) is 0 Å². The third-order valence-electron chi connectivity index (χ3n) is 2.56. The molecule has 0 radical (unpaired) electrons. The first-order valence-electron chi connectivity index (χ1n) is 5.89. The molecular weight excluding hydrogens is 487 g/mol. The van der Waals surface area contributed by atoms with E-state index in [1.165, 1.54) is 0 Å². The van der Waals surface area contributed by atoms with Crippen molar-refractivity contribution in [3.8, 4) is 0 Å². The zero-order valence-corrected chi connectivity index (χ0v) is 16.1. The molecule has 2 rings (SSSR count). The molecule has 0 aliphatic rings. The first-order chi connectivity index (χ1) is 9.95. The van der Waals surface area contributed by atoms with Crippen molar-refractivity contribution in [2.75, 3.05) is 17.2 Å². The zero-order chi connectivity index (χ0) is 15.4. The SMILES string of the molecule is O=C(CNc1c(Br)cc(Br)cc1Br)Nc1ccc(Cl)cc1. The largest absolute Gasteiger partial charge is 0.374 e. The van der Waals surface area contributed by atoms with E-state index in [4.69, 9.17) is 11.6 Å². The van der Waals surface area contributed by atoms with Crippen LogP contribution in [0.1, 0.15) is 0 Å². The van der Waals surface area contributed by atoms with E-state index in [2.05, 4.69) is 58.4 Å². The number of hydrogen-bond donors (Lipinski definition) is 2. The van der Waals surface area contributed by atoms with Gasteiger partial charge in [0.05, 0.1) is 12.2 Å². The maximum atomic E-state index is 11.9. The lowest BCUT2D eigenvalue weighted by Gasteiger charge is -2.11. The third-order valence-corrected chi connectivity index (χ3v) is 4.52. The standard InChI is InChI=1S/C14H10Br3ClN2O/c15-8-5-11(16)14(12(17)6-8)19-7-13(21)20-10-3-1-9(18)2-4-10/h1-6,19H,7H2,(H,20,21). The van der Waals surface area contributed by atoms with Crippen molar-refractivity contribution in [3.63, 3.8) is 0 Å². The quantitative estimate of drug-likeness (QED) is 0.571. The van der Waals surface area contributed by atoms with Gasteiger partial charge in [0.15, 0.2) is 0 Å². The molecule has 0 atom stereocenters. The maximum Gasteiger partial charge on any atom is 0.243 e. The molecule has 0 unspecified atom stereocenters. The Morgan fingerprint density at radius 2 is 1.62 bits per heavy atom. The molecule has 2 aromatic carbocycles. The van der Waals surface area contributed by atoms with Gasteiger partial charge >= 0.3 is 0 Å². The van der Waals surface area contributed by atoms with Crippen LogP contribution in [0.25, 0.3) is 0 Å². The lowest BCUT2D eigenvalue weighted by atomic mass is 10.3. The van der Waals surface area contributed by atoms with Crippen LogP contribution in [-0.2, 0) is 4.79 Å². The molecule has 0 saturated carbocycles. The van der Waals surface area contributed by atoms with Crippen molar-refractivity contribution in [2.24, 2.45) is 0 Å². The fourth-order valence-electron chi connectivity index (χ4n) is 1.62. The molecule has 0 spiro atoms. The van der Waals surface area contributed by atoms with Gasteiger partial charge in [0.25, 0.3) is 0 Å². The molecule has 21 heavy (non-hydrogen) atoms. The normalized spacial score (nSPS) is 10.3.